The number of amides is 2. The van der Waals surface area contributed by atoms with Crippen molar-refractivity contribution in [3.63, 3.8) is 0 Å². The summed E-state index contributed by atoms with van der Waals surface area (Å²) in [7, 11) is 0. The first-order chi connectivity index (χ1) is 8.10. The van der Waals surface area contributed by atoms with Crippen LogP contribution < -0.4 is 5.32 Å². The van der Waals surface area contributed by atoms with Gasteiger partial charge in [0.1, 0.15) is 6.04 Å². The molecule has 0 radical (unpaired) electrons. The van der Waals surface area contributed by atoms with E-state index in [2.05, 4.69) is 5.32 Å². The molecule has 1 atom stereocenters. The first-order valence-corrected chi connectivity index (χ1v) is 5.60. The van der Waals surface area contributed by atoms with E-state index in [1.54, 1.807) is 0 Å². The topological polar surface area (TPSA) is 110 Å². The zero-order chi connectivity index (χ0) is 12.8. The summed E-state index contributed by atoms with van der Waals surface area (Å²) in [6, 6.07) is -1.44. The molecule has 2 amide bonds. The van der Waals surface area contributed by atoms with Crippen LogP contribution in [0.3, 0.4) is 0 Å². The zero-order valence-electron chi connectivity index (χ0n) is 9.50. The normalized spacial score (nSPS) is 16.4. The second-order valence-corrected chi connectivity index (χ2v) is 4.04. The molecule has 7 nitrogen and oxygen atoms in total. The van der Waals surface area contributed by atoms with E-state index in [4.69, 9.17) is 15.3 Å². The van der Waals surface area contributed by atoms with Crippen molar-refractivity contribution >= 4 is 12.0 Å². The second-order valence-electron chi connectivity index (χ2n) is 4.04. The van der Waals surface area contributed by atoms with Gasteiger partial charge in [-0.25, -0.2) is 9.59 Å². The van der Waals surface area contributed by atoms with Gasteiger partial charge in [0.25, 0.3) is 0 Å². The van der Waals surface area contributed by atoms with Crippen LogP contribution in [-0.4, -0.2) is 64.6 Å². The summed E-state index contributed by atoms with van der Waals surface area (Å²) < 4.78 is 0. The van der Waals surface area contributed by atoms with Crippen LogP contribution in [0, 0.1) is 5.92 Å². The predicted octanol–water partition coefficient (Wildman–Crippen LogP) is -1.15. The van der Waals surface area contributed by atoms with Crippen molar-refractivity contribution in [2.45, 2.75) is 18.9 Å². The van der Waals surface area contributed by atoms with E-state index in [1.165, 1.54) is 4.90 Å². The van der Waals surface area contributed by atoms with Crippen LogP contribution in [0.4, 0.5) is 4.79 Å². The van der Waals surface area contributed by atoms with E-state index in [-0.39, 0.29) is 32.2 Å². The molecule has 0 aromatic heterocycles. The molecule has 0 saturated heterocycles. The number of aliphatic hydroxyl groups is 2. The number of rotatable bonds is 7. The Labute approximate surface area is 99.0 Å². The Morgan fingerprint density at radius 1 is 1.24 bits per heavy atom. The highest BCUT2D eigenvalue weighted by molar-refractivity contribution is 5.83. The SMILES string of the molecule is O=C(O)C(NC(=O)N(CCO)CCO)C1CC1. The van der Waals surface area contributed by atoms with Crippen molar-refractivity contribution in [3.8, 4) is 0 Å². The van der Waals surface area contributed by atoms with Gasteiger partial charge in [-0.2, -0.15) is 0 Å². The molecule has 0 aliphatic heterocycles. The number of nitrogens with one attached hydrogen (secondary N) is 1. The van der Waals surface area contributed by atoms with Crippen molar-refractivity contribution in [2.75, 3.05) is 26.3 Å². The van der Waals surface area contributed by atoms with E-state index < -0.39 is 18.0 Å². The maximum atomic E-state index is 11.7. The molecule has 1 saturated carbocycles. The molecule has 0 bridgehead atoms. The van der Waals surface area contributed by atoms with Crippen molar-refractivity contribution < 1.29 is 24.9 Å². The Hall–Kier alpha value is -1.34. The van der Waals surface area contributed by atoms with Gasteiger partial charge in [0.05, 0.1) is 13.2 Å². The summed E-state index contributed by atoms with van der Waals surface area (Å²) in [5.74, 6) is -1.05. The lowest BCUT2D eigenvalue weighted by Gasteiger charge is -2.23. The van der Waals surface area contributed by atoms with Crippen molar-refractivity contribution in [2.24, 2.45) is 5.92 Å². The maximum Gasteiger partial charge on any atom is 0.326 e. The molecular formula is C10H18N2O5. The lowest BCUT2D eigenvalue weighted by Crippen LogP contribution is -2.50. The number of carboxylic acid groups (broad SMARTS) is 1. The van der Waals surface area contributed by atoms with Crippen LogP contribution in [0.15, 0.2) is 0 Å². The number of hydrogen-bond donors (Lipinski definition) is 4. The number of nitrogens with zero attached hydrogens (tertiary/aromatic N) is 1. The van der Waals surface area contributed by atoms with E-state index in [0.717, 1.165) is 12.8 Å². The zero-order valence-corrected chi connectivity index (χ0v) is 9.50. The summed E-state index contributed by atoms with van der Waals surface area (Å²) in [6.07, 6.45) is 1.61. The Bertz CT molecular complexity index is 274. The number of carbonyl (C=O) groups excluding carboxylic acids is 1. The molecule has 98 valence electrons. The average Bonchev–Trinajstić information content (AvgIpc) is 3.08. The van der Waals surface area contributed by atoms with Gasteiger partial charge in [0.2, 0.25) is 0 Å². The van der Waals surface area contributed by atoms with Gasteiger partial charge in [0.15, 0.2) is 0 Å². The molecule has 0 heterocycles. The van der Waals surface area contributed by atoms with Crippen LogP contribution in [0.1, 0.15) is 12.8 Å². The number of carbonyl (C=O) groups is 2. The molecule has 1 fully saturated rings. The van der Waals surface area contributed by atoms with Crippen LogP contribution in [-0.2, 0) is 4.79 Å². The third-order valence-corrected chi connectivity index (χ3v) is 2.67. The molecule has 17 heavy (non-hydrogen) atoms. The number of aliphatic hydroxyl groups excluding tert-OH is 2. The van der Waals surface area contributed by atoms with Crippen molar-refractivity contribution in [1.82, 2.24) is 10.2 Å². The number of aliphatic carboxylic acids is 1. The lowest BCUT2D eigenvalue weighted by atomic mass is 10.2. The molecule has 4 N–H and O–H groups in total. The molecular weight excluding hydrogens is 228 g/mol. The van der Waals surface area contributed by atoms with E-state index in [0.29, 0.717) is 0 Å². The quantitative estimate of drug-likeness (QED) is 0.453. The standard InChI is InChI=1S/C10H18N2O5/c13-5-3-12(4-6-14)10(17)11-8(9(15)16)7-1-2-7/h7-8,13-14H,1-6H2,(H,11,17)(H,15,16). The molecule has 1 unspecified atom stereocenters. The third kappa shape index (κ3) is 4.20. The Morgan fingerprint density at radius 2 is 1.76 bits per heavy atom. The Kier molecular flexibility index (Phi) is 5.17. The van der Waals surface area contributed by atoms with E-state index in [1.807, 2.05) is 0 Å². The minimum Gasteiger partial charge on any atom is -0.480 e. The molecule has 7 heteroatoms. The van der Waals surface area contributed by atoms with Gasteiger partial charge >= 0.3 is 12.0 Å². The lowest BCUT2D eigenvalue weighted by molar-refractivity contribution is -0.139. The monoisotopic (exact) mass is 246 g/mol. The van der Waals surface area contributed by atoms with Crippen molar-refractivity contribution in [1.29, 1.82) is 0 Å². The van der Waals surface area contributed by atoms with Gasteiger partial charge in [-0.15, -0.1) is 0 Å². The highest BCUT2D eigenvalue weighted by Crippen LogP contribution is 2.32. The van der Waals surface area contributed by atoms with Gasteiger partial charge in [-0.05, 0) is 18.8 Å². The minimum atomic E-state index is -1.05. The molecule has 0 aromatic rings. The first kappa shape index (κ1) is 13.7. The van der Waals surface area contributed by atoms with Gasteiger partial charge in [-0.3, -0.25) is 0 Å². The molecule has 0 spiro atoms. The summed E-state index contributed by atoms with van der Waals surface area (Å²) >= 11 is 0. The van der Waals surface area contributed by atoms with Crippen LogP contribution in [0.2, 0.25) is 0 Å². The summed E-state index contributed by atoms with van der Waals surface area (Å²) in [5.41, 5.74) is 0. The minimum absolute atomic E-state index is 0.00144. The van der Waals surface area contributed by atoms with E-state index >= 15 is 0 Å². The van der Waals surface area contributed by atoms with E-state index in [9.17, 15) is 9.59 Å². The Morgan fingerprint density at radius 3 is 2.12 bits per heavy atom. The first-order valence-electron chi connectivity index (χ1n) is 5.60. The molecule has 1 aliphatic carbocycles. The van der Waals surface area contributed by atoms with Crippen LogP contribution in [0.5, 0.6) is 0 Å². The van der Waals surface area contributed by atoms with Gasteiger partial charge in [0, 0.05) is 13.1 Å². The number of hydrogen-bond acceptors (Lipinski definition) is 4. The maximum absolute atomic E-state index is 11.7. The summed E-state index contributed by atoms with van der Waals surface area (Å²) in [5, 5.41) is 28.9. The molecule has 1 rings (SSSR count). The Balaban J connectivity index is 2.51. The van der Waals surface area contributed by atoms with Gasteiger partial charge < -0.3 is 25.5 Å². The van der Waals surface area contributed by atoms with Crippen LogP contribution >= 0.6 is 0 Å². The van der Waals surface area contributed by atoms with Crippen molar-refractivity contribution in [3.05, 3.63) is 0 Å². The fourth-order valence-corrected chi connectivity index (χ4v) is 1.59. The summed E-state index contributed by atoms with van der Waals surface area (Å²) in [6.45, 7) is -0.310. The second kappa shape index (κ2) is 6.41. The molecule has 0 aromatic carbocycles. The highest BCUT2D eigenvalue weighted by Gasteiger charge is 2.37. The van der Waals surface area contributed by atoms with Gasteiger partial charge in [-0.1, -0.05) is 0 Å². The smallest absolute Gasteiger partial charge is 0.326 e. The number of urea groups is 1. The fraction of sp³-hybridized carbons (Fsp3) is 0.800. The summed E-state index contributed by atoms with van der Waals surface area (Å²) in [4.78, 5) is 23.8. The predicted molar refractivity (Wildman–Crippen MR) is 58.4 cm³/mol. The number of carboxylic acids is 1. The fourth-order valence-electron chi connectivity index (χ4n) is 1.59. The average molecular weight is 246 g/mol. The largest absolute Gasteiger partial charge is 0.480 e. The highest BCUT2D eigenvalue weighted by atomic mass is 16.4. The molecule has 1 aliphatic rings. The van der Waals surface area contributed by atoms with Crippen LogP contribution in [0.25, 0.3) is 0 Å². The third-order valence-electron chi connectivity index (χ3n) is 2.67.